The summed E-state index contributed by atoms with van der Waals surface area (Å²) in [6, 6.07) is 4.96. The molecule has 0 aliphatic carbocycles. The lowest BCUT2D eigenvalue weighted by atomic mass is 10.0. The molecule has 1 aromatic carbocycles. The number of nitrogens with two attached hydrogens (primary N) is 2. The van der Waals surface area contributed by atoms with Crippen LogP contribution in [0.15, 0.2) is 23.2 Å². The molecule has 2 heterocycles. The summed E-state index contributed by atoms with van der Waals surface area (Å²) in [5.74, 6) is -0.524. The lowest BCUT2D eigenvalue weighted by Crippen LogP contribution is -2.21. The monoisotopic (exact) mass is 352 g/mol. The average molecular weight is 352 g/mol. The summed E-state index contributed by atoms with van der Waals surface area (Å²) in [4.78, 5) is 15.8. The van der Waals surface area contributed by atoms with Crippen molar-refractivity contribution in [3.8, 4) is 0 Å². The minimum absolute atomic E-state index is 0.108. The van der Waals surface area contributed by atoms with Gasteiger partial charge >= 0.3 is 0 Å². The highest BCUT2D eigenvalue weighted by Crippen LogP contribution is 2.23. The highest BCUT2D eigenvalue weighted by molar-refractivity contribution is 6.15. The standard InChI is InChI=1S/C17H20N8O/c1-4-25-13(5-8(2)24-25)16(19)21-15(18)12-7-10(17(20)26)6-11-9(3)22-23-14(11)12/h5-7H,4H2,1-3H3,(H2,20,26)(H,22,23)(H3,18,19,21). The molecule has 3 rings (SSSR count). The third-order valence-corrected chi connectivity index (χ3v) is 4.09. The molecule has 9 nitrogen and oxygen atoms in total. The van der Waals surface area contributed by atoms with E-state index in [-0.39, 0.29) is 17.2 Å². The number of carbonyl (C=O) groups excluding carboxylic acids is 1. The summed E-state index contributed by atoms with van der Waals surface area (Å²) < 4.78 is 1.72. The van der Waals surface area contributed by atoms with Crippen LogP contribution in [0.4, 0.5) is 0 Å². The number of aromatic amines is 1. The van der Waals surface area contributed by atoms with Crippen molar-refractivity contribution in [2.45, 2.75) is 27.3 Å². The first kappa shape index (κ1) is 17.3. The van der Waals surface area contributed by atoms with Gasteiger partial charge in [-0.15, -0.1) is 0 Å². The van der Waals surface area contributed by atoms with Crippen molar-refractivity contribution in [1.82, 2.24) is 20.0 Å². The number of H-pyrrole nitrogens is 1. The summed E-state index contributed by atoms with van der Waals surface area (Å²) in [7, 11) is 0. The molecule has 2 aromatic heterocycles. The molecule has 1 amide bonds. The predicted molar refractivity (Wildman–Crippen MR) is 99.5 cm³/mol. The number of rotatable bonds is 4. The number of aliphatic imine (C=N–C) groups is 1. The van der Waals surface area contributed by atoms with Crippen LogP contribution in [-0.2, 0) is 6.54 Å². The van der Waals surface area contributed by atoms with E-state index >= 15 is 0 Å². The maximum Gasteiger partial charge on any atom is 0.248 e. The van der Waals surface area contributed by atoms with Gasteiger partial charge in [0.15, 0.2) is 11.7 Å². The van der Waals surface area contributed by atoms with Gasteiger partial charge in [0, 0.05) is 28.8 Å². The molecule has 0 saturated heterocycles. The molecule has 0 aliphatic rings. The van der Waals surface area contributed by atoms with Crippen LogP contribution in [0.1, 0.15) is 39.9 Å². The summed E-state index contributed by atoms with van der Waals surface area (Å²) in [5.41, 5.74) is 14.9. The molecule has 0 radical (unpaired) electrons. The first-order valence-corrected chi connectivity index (χ1v) is 8.08. The summed E-state index contributed by atoms with van der Waals surface area (Å²) >= 11 is 0. The molecule has 3 aromatic rings. The largest absolute Gasteiger partial charge is 0.382 e. The van der Waals surface area contributed by atoms with Crippen LogP contribution in [0, 0.1) is 19.3 Å². The van der Waals surface area contributed by atoms with E-state index in [1.165, 1.54) is 6.07 Å². The van der Waals surface area contributed by atoms with Crippen LogP contribution >= 0.6 is 0 Å². The number of fused-ring (bicyclic) bond motifs is 1. The van der Waals surface area contributed by atoms with Crippen LogP contribution < -0.4 is 11.5 Å². The predicted octanol–water partition coefficient (Wildman–Crippen LogP) is 1.23. The van der Waals surface area contributed by atoms with Gasteiger partial charge in [0.25, 0.3) is 0 Å². The molecule has 0 fully saturated rings. The van der Waals surface area contributed by atoms with Crippen LogP contribution in [0.25, 0.3) is 10.9 Å². The summed E-state index contributed by atoms with van der Waals surface area (Å²) in [6.45, 7) is 6.27. The molecule has 9 heteroatoms. The van der Waals surface area contributed by atoms with Gasteiger partial charge in [-0.05, 0) is 39.0 Å². The smallest absolute Gasteiger partial charge is 0.248 e. The molecule has 0 saturated carbocycles. The molecule has 6 N–H and O–H groups in total. The zero-order valence-corrected chi connectivity index (χ0v) is 14.8. The molecule has 134 valence electrons. The maximum absolute atomic E-state index is 11.6. The molecule has 0 bridgehead atoms. The second kappa shape index (κ2) is 6.43. The Bertz CT molecular complexity index is 1060. The van der Waals surface area contributed by atoms with Gasteiger partial charge in [-0.2, -0.15) is 10.2 Å². The average Bonchev–Trinajstić information content (AvgIpc) is 3.16. The minimum atomic E-state index is -0.585. The Labute approximate surface area is 149 Å². The number of amidine groups is 2. The van der Waals surface area contributed by atoms with Crippen molar-refractivity contribution >= 4 is 28.5 Å². The zero-order valence-electron chi connectivity index (χ0n) is 14.8. The first-order valence-electron chi connectivity index (χ1n) is 8.08. The van der Waals surface area contributed by atoms with Crippen LogP contribution in [0.5, 0.6) is 0 Å². The van der Waals surface area contributed by atoms with E-state index in [2.05, 4.69) is 20.3 Å². The molecule has 26 heavy (non-hydrogen) atoms. The number of nitrogens with one attached hydrogen (secondary N) is 2. The fourth-order valence-corrected chi connectivity index (χ4v) is 2.79. The Morgan fingerprint density at radius 1 is 1.31 bits per heavy atom. The zero-order chi connectivity index (χ0) is 19.0. The SMILES string of the molecule is CCn1nc(C)cc1C(N)=NC(=N)c1cc(C(N)=O)cc2c(C)[nH]nc12. The number of aryl methyl sites for hydroxylation is 3. The Balaban J connectivity index is 2.11. The lowest BCUT2D eigenvalue weighted by molar-refractivity contribution is 0.100. The van der Waals surface area contributed by atoms with Crippen molar-refractivity contribution in [2.24, 2.45) is 16.5 Å². The number of hydrogen-bond donors (Lipinski definition) is 4. The van der Waals surface area contributed by atoms with Gasteiger partial charge in [0.05, 0.1) is 5.69 Å². The first-order chi connectivity index (χ1) is 12.3. The molecule has 0 unspecified atom stereocenters. The van der Waals surface area contributed by atoms with E-state index < -0.39 is 5.91 Å². The van der Waals surface area contributed by atoms with E-state index in [0.29, 0.717) is 28.7 Å². The Morgan fingerprint density at radius 3 is 2.69 bits per heavy atom. The number of primary amides is 1. The van der Waals surface area contributed by atoms with Gasteiger partial charge < -0.3 is 11.5 Å². The maximum atomic E-state index is 11.6. The van der Waals surface area contributed by atoms with Crippen molar-refractivity contribution in [3.63, 3.8) is 0 Å². The van der Waals surface area contributed by atoms with E-state index in [0.717, 1.165) is 11.4 Å². The molecule has 0 spiro atoms. The Morgan fingerprint density at radius 2 is 2.04 bits per heavy atom. The minimum Gasteiger partial charge on any atom is -0.382 e. The second-order valence-electron chi connectivity index (χ2n) is 5.97. The van der Waals surface area contributed by atoms with Gasteiger partial charge in [0.2, 0.25) is 5.91 Å². The van der Waals surface area contributed by atoms with Crippen LogP contribution in [0.2, 0.25) is 0 Å². The number of nitrogens with zero attached hydrogens (tertiary/aromatic N) is 4. The van der Waals surface area contributed by atoms with Crippen molar-refractivity contribution in [1.29, 1.82) is 5.41 Å². The lowest BCUT2D eigenvalue weighted by Gasteiger charge is -2.06. The second-order valence-corrected chi connectivity index (χ2v) is 5.97. The molecular weight excluding hydrogens is 332 g/mol. The molecular formula is C17H20N8O. The third kappa shape index (κ3) is 2.94. The topological polar surface area (TPSA) is 152 Å². The summed E-state index contributed by atoms with van der Waals surface area (Å²) in [5, 5.41) is 20.5. The van der Waals surface area contributed by atoms with Gasteiger partial charge in [0.1, 0.15) is 11.2 Å². The van der Waals surface area contributed by atoms with Crippen molar-refractivity contribution in [2.75, 3.05) is 0 Å². The van der Waals surface area contributed by atoms with Crippen LogP contribution in [0.3, 0.4) is 0 Å². The van der Waals surface area contributed by atoms with Crippen molar-refractivity contribution < 1.29 is 4.79 Å². The number of amides is 1. The number of benzene rings is 1. The highest BCUT2D eigenvalue weighted by atomic mass is 16.1. The molecule has 0 aliphatic heterocycles. The summed E-state index contributed by atoms with van der Waals surface area (Å²) in [6.07, 6.45) is 0. The third-order valence-electron chi connectivity index (χ3n) is 4.09. The van der Waals surface area contributed by atoms with E-state index in [9.17, 15) is 4.79 Å². The normalized spacial score (nSPS) is 11.9. The van der Waals surface area contributed by atoms with Crippen molar-refractivity contribution in [3.05, 3.63) is 46.4 Å². The van der Waals surface area contributed by atoms with Gasteiger partial charge in [-0.3, -0.25) is 20.0 Å². The fraction of sp³-hybridized carbons (Fsp3) is 0.235. The van der Waals surface area contributed by atoms with E-state index in [1.807, 2.05) is 26.8 Å². The Kier molecular flexibility index (Phi) is 4.29. The quantitative estimate of drug-likeness (QED) is 0.412. The number of aromatic nitrogens is 4. The molecule has 0 atom stereocenters. The van der Waals surface area contributed by atoms with Crippen LogP contribution in [-0.4, -0.2) is 37.6 Å². The van der Waals surface area contributed by atoms with E-state index in [4.69, 9.17) is 16.9 Å². The number of carbonyl (C=O) groups is 1. The highest BCUT2D eigenvalue weighted by Gasteiger charge is 2.16. The van der Waals surface area contributed by atoms with Gasteiger partial charge in [-0.1, -0.05) is 0 Å². The Hall–Kier alpha value is -3.49. The van der Waals surface area contributed by atoms with Gasteiger partial charge in [-0.25, -0.2) is 4.99 Å². The van der Waals surface area contributed by atoms with E-state index in [1.54, 1.807) is 10.7 Å². The fourth-order valence-electron chi connectivity index (χ4n) is 2.79. The number of hydrogen-bond acceptors (Lipinski definition) is 4.